The second-order valence-corrected chi connectivity index (χ2v) is 6.24. The van der Waals surface area contributed by atoms with Gasteiger partial charge in [0.05, 0.1) is 0 Å². The summed E-state index contributed by atoms with van der Waals surface area (Å²) in [5.74, 6) is 0.216. The van der Waals surface area contributed by atoms with E-state index in [1.807, 2.05) is 0 Å². The predicted octanol–water partition coefficient (Wildman–Crippen LogP) is 5.30. The highest BCUT2D eigenvalue weighted by Gasteiger charge is 1.91. The van der Waals surface area contributed by atoms with Gasteiger partial charge in [0, 0.05) is 6.54 Å². The highest BCUT2D eigenvalue weighted by Crippen LogP contribution is 2.09. The van der Waals surface area contributed by atoms with Gasteiger partial charge in [-0.15, -0.1) is 0 Å². The van der Waals surface area contributed by atoms with Crippen LogP contribution in [0.3, 0.4) is 0 Å². The molecule has 0 unspecified atom stereocenters. The normalized spacial score (nSPS) is 11.1. The van der Waals surface area contributed by atoms with Crippen molar-refractivity contribution in [2.75, 3.05) is 6.54 Å². The predicted molar refractivity (Wildman–Crippen MR) is 100 cm³/mol. The molecule has 0 aliphatic heterocycles. The number of hydrogen-bond acceptors (Lipinski definition) is 1. The highest BCUT2D eigenvalue weighted by atomic mass is 15.0. The van der Waals surface area contributed by atoms with Crippen LogP contribution in [-0.4, -0.2) is 12.5 Å². The van der Waals surface area contributed by atoms with Crippen LogP contribution < -0.4 is 11.5 Å². The van der Waals surface area contributed by atoms with Gasteiger partial charge in [-0.3, -0.25) is 4.99 Å². The zero-order valence-electron chi connectivity index (χ0n) is 14.9. The van der Waals surface area contributed by atoms with Crippen LogP contribution in [0.25, 0.3) is 0 Å². The standard InChI is InChI=1S/C19H39N3/c1-2-3-4-5-6-7-8-9-10-11-12-13-14-15-16-17-18-22-19(20)21/h9-10H,2-8,11-18H2,1H3,(H4,20,21,22)/b10-9-. The van der Waals surface area contributed by atoms with E-state index in [1.165, 1.54) is 83.5 Å². The third kappa shape index (κ3) is 19.0. The second-order valence-electron chi connectivity index (χ2n) is 6.24. The smallest absolute Gasteiger partial charge is 0.185 e. The molecule has 0 saturated carbocycles. The summed E-state index contributed by atoms with van der Waals surface area (Å²) >= 11 is 0. The van der Waals surface area contributed by atoms with Gasteiger partial charge in [0.2, 0.25) is 0 Å². The molecule has 0 saturated heterocycles. The van der Waals surface area contributed by atoms with E-state index < -0.39 is 0 Å². The van der Waals surface area contributed by atoms with E-state index >= 15 is 0 Å². The van der Waals surface area contributed by atoms with Crippen molar-refractivity contribution >= 4 is 5.96 Å². The lowest BCUT2D eigenvalue weighted by Gasteiger charge is -2.00. The number of guanidine groups is 1. The molecule has 0 heterocycles. The Morgan fingerprint density at radius 2 is 1.14 bits per heavy atom. The second kappa shape index (κ2) is 18.1. The average Bonchev–Trinajstić information content (AvgIpc) is 2.50. The van der Waals surface area contributed by atoms with Crippen LogP contribution in [-0.2, 0) is 0 Å². The van der Waals surface area contributed by atoms with Crippen molar-refractivity contribution in [2.45, 2.75) is 96.8 Å². The van der Waals surface area contributed by atoms with E-state index in [9.17, 15) is 0 Å². The topological polar surface area (TPSA) is 64.4 Å². The first-order valence-electron chi connectivity index (χ1n) is 9.47. The summed E-state index contributed by atoms with van der Waals surface area (Å²) in [6.45, 7) is 3.05. The largest absolute Gasteiger partial charge is 0.370 e. The monoisotopic (exact) mass is 309 g/mol. The summed E-state index contributed by atoms with van der Waals surface area (Å²) < 4.78 is 0. The van der Waals surface area contributed by atoms with Crippen molar-refractivity contribution in [1.29, 1.82) is 0 Å². The minimum absolute atomic E-state index is 0.216. The average molecular weight is 310 g/mol. The van der Waals surface area contributed by atoms with Crippen LogP contribution in [0.15, 0.2) is 17.1 Å². The number of nitrogens with two attached hydrogens (primary N) is 2. The molecule has 130 valence electrons. The van der Waals surface area contributed by atoms with Crippen LogP contribution in [0, 0.1) is 0 Å². The van der Waals surface area contributed by atoms with Gasteiger partial charge in [-0.25, -0.2) is 0 Å². The van der Waals surface area contributed by atoms with Crippen molar-refractivity contribution < 1.29 is 0 Å². The van der Waals surface area contributed by atoms with Crippen molar-refractivity contribution in [2.24, 2.45) is 16.5 Å². The SMILES string of the molecule is CCCCCCCC/C=C\CCCCCCCCN=C(N)N. The zero-order chi connectivity index (χ0) is 16.3. The fourth-order valence-corrected chi connectivity index (χ4v) is 2.57. The summed E-state index contributed by atoms with van der Waals surface area (Å²) in [6, 6.07) is 0. The summed E-state index contributed by atoms with van der Waals surface area (Å²) in [4.78, 5) is 3.99. The van der Waals surface area contributed by atoms with Crippen LogP contribution in [0.5, 0.6) is 0 Å². The van der Waals surface area contributed by atoms with E-state index in [0.29, 0.717) is 0 Å². The third-order valence-corrected chi connectivity index (χ3v) is 3.96. The van der Waals surface area contributed by atoms with E-state index in [1.54, 1.807) is 0 Å². The van der Waals surface area contributed by atoms with Crippen LogP contribution in [0.4, 0.5) is 0 Å². The maximum Gasteiger partial charge on any atom is 0.185 e. The number of hydrogen-bond donors (Lipinski definition) is 2. The van der Waals surface area contributed by atoms with Gasteiger partial charge in [-0.05, 0) is 32.1 Å². The van der Waals surface area contributed by atoms with Crippen molar-refractivity contribution in [3.63, 3.8) is 0 Å². The summed E-state index contributed by atoms with van der Waals surface area (Å²) in [7, 11) is 0. The Morgan fingerprint density at radius 3 is 1.64 bits per heavy atom. The Hall–Kier alpha value is -0.990. The number of rotatable bonds is 16. The lowest BCUT2D eigenvalue weighted by Crippen LogP contribution is -2.22. The molecule has 3 nitrogen and oxygen atoms in total. The fourth-order valence-electron chi connectivity index (χ4n) is 2.57. The van der Waals surface area contributed by atoms with Gasteiger partial charge in [0.15, 0.2) is 5.96 Å². The molecule has 0 spiro atoms. The summed E-state index contributed by atoms with van der Waals surface area (Å²) in [6.07, 6.45) is 23.3. The number of allylic oxidation sites excluding steroid dienone is 2. The molecule has 0 aliphatic rings. The first-order valence-corrected chi connectivity index (χ1v) is 9.47. The molecular weight excluding hydrogens is 270 g/mol. The maximum absolute atomic E-state index is 5.28. The van der Waals surface area contributed by atoms with E-state index in [2.05, 4.69) is 24.1 Å². The highest BCUT2D eigenvalue weighted by molar-refractivity contribution is 5.75. The van der Waals surface area contributed by atoms with Gasteiger partial charge < -0.3 is 11.5 Å². The molecule has 0 aromatic rings. The van der Waals surface area contributed by atoms with Gasteiger partial charge >= 0.3 is 0 Å². The minimum atomic E-state index is 0.216. The Labute approximate surface area is 138 Å². The van der Waals surface area contributed by atoms with Crippen molar-refractivity contribution in [3.05, 3.63) is 12.2 Å². The van der Waals surface area contributed by atoms with E-state index in [0.717, 1.165) is 13.0 Å². The van der Waals surface area contributed by atoms with Gasteiger partial charge in [0.25, 0.3) is 0 Å². The first kappa shape index (κ1) is 21.0. The van der Waals surface area contributed by atoms with Gasteiger partial charge in [-0.1, -0.05) is 76.9 Å². The maximum atomic E-state index is 5.28. The fraction of sp³-hybridized carbons (Fsp3) is 0.842. The molecule has 0 atom stereocenters. The lowest BCUT2D eigenvalue weighted by molar-refractivity contribution is 0.599. The molecule has 3 heteroatoms. The number of nitrogens with zero attached hydrogens (tertiary/aromatic N) is 1. The Bertz CT molecular complexity index is 268. The molecule has 22 heavy (non-hydrogen) atoms. The summed E-state index contributed by atoms with van der Waals surface area (Å²) in [5, 5.41) is 0. The lowest BCUT2D eigenvalue weighted by atomic mass is 10.1. The minimum Gasteiger partial charge on any atom is -0.370 e. The Balaban J connectivity index is 3.10. The Kier molecular flexibility index (Phi) is 17.2. The molecule has 0 bridgehead atoms. The zero-order valence-corrected chi connectivity index (χ0v) is 14.9. The molecule has 0 amide bonds. The molecular formula is C19H39N3. The molecule has 0 aromatic carbocycles. The summed E-state index contributed by atoms with van der Waals surface area (Å²) in [5.41, 5.74) is 10.6. The number of aliphatic imine (C=N–C) groups is 1. The molecule has 4 N–H and O–H groups in total. The van der Waals surface area contributed by atoms with Gasteiger partial charge in [0.1, 0.15) is 0 Å². The number of unbranched alkanes of at least 4 members (excludes halogenated alkanes) is 12. The van der Waals surface area contributed by atoms with Gasteiger partial charge in [-0.2, -0.15) is 0 Å². The molecule has 0 radical (unpaired) electrons. The molecule has 0 fully saturated rings. The third-order valence-electron chi connectivity index (χ3n) is 3.96. The molecule has 0 aliphatic carbocycles. The van der Waals surface area contributed by atoms with Crippen LogP contribution in [0.2, 0.25) is 0 Å². The Morgan fingerprint density at radius 1 is 0.682 bits per heavy atom. The van der Waals surface area contributed by atoms with Crippen molar-refractivity contribution in [1.82, 2.24) is 0 Å². The van der Waals surface area contributed by atoms with Crippen LogP contribution in [0.1, 0.15) is 96.8 Å². The molecule has 0 rings (SSSR count). The van der Waals surface area contributed by atoms with Crippen LogP contribution >= 0.6 is 0 Å². The quantitative estimate of drug-likeness (QED) is 0.176. The molecule has 0 aromatic heterocycles. The van der Waals surface area contributed by atoms with E-state index in [-0.39, 0.29) is 5.96 Å². The van der Waals surface area contributed by atoms with Crippen molar-refractivity contribution in [3.8, 4) is 0 Å². The van der Waals surface area contributed by atoms with E-state index in [4.69, 9.17) is 11.5 Å². The first-order chi connectivity index (χ1) is 10.8.